The Hall–Kier alpha value is -1.69. The average molecular weight is 297 g/mol. The lowest BCUT2D eigenvalue weighted by atomic mass is 9.90. The van der Waals surface area contributed by atoms with Crippen molar-refractivity contribution in [3.63, 3.8) is 0 Å². The van der Waals surface area contributed by atoms with E-state index in [2.05, 4.69) is 5.32 Å². The second-order valence-corrected chi connectivity index (χ2v) is 6.14. The normalized spacial score (nSPS) is 11.1. The standard InChI is InChI=1S/C14H19NO4S/c1-14(2,13(18)19)7-8-15-12(17)6-5-10(16)11-4-3-9-20-11/h3-4,9H,5-8H2,1-2H3,(H,15,17)(H,18,19). The molecule has 6 heteroatoms. The second-order valence-electron chi connectivity index (χ2n) is 5.19. The van der Waals surface area contributed by atoms with Crippen molar-refractivity contribution in [3.8, 4) is 0 Å². The number of rotatable bonds is 8. The Morgan fingerprint density at radius 1 is 1.30 bits per heavy atom. The van der Waals surface area contributed by atoms with E-state index in [1.807, 2.05) is 5.38 Å². The van der Waals surface area contributed by atoms with E-state index >= 15 is 0 Å². The molecule has 0 fully saturated rings. The molecule has 0 radical (unpaired) electrons. The Morgan fingerprint density at radius 2 is 2.00 bits per heavy atom. The molecular formula is C14H19NO4S. The molecule has 1 amide bonds. The van der Waals surface area contributed by atoms with E-state index in [-0.39, 0.29) is 24.5 Å². The largest absolute Gasteiger partial charge is 0.481 e. The van der Waals surface area contributed by atoms with Crippen LogP contribution in [0.2, 0.25) is 0 Å². The van der Waals surface area contributed by atoms with Gasteiger partial charge >= 0.3 is 5.97 Å². The van der Waals surface area contributed by atoms with Crippen LogP contribution in [0.4, 0.5) is 0 Å². The number of aliphatic carboxylic acids is 1. The number of ketones is 1. The molecule has 1 rings (SSSR count). The van der Waals surface area contributed by atoms with Crippen molar-refractivity contribution in [3.05, 3.63) is 22.4 Å². The van der Waals surface area contributed by atoms with Gasteiger partial charge in [0.15, 0.2) is 5.78 Å². The summed E-state index contributed by atoms with van der Waals surface area (Å²) in [5, 5.41) is 13.4. The van der Waals surface area contributed by atoms with E-state index in [1.165, 1.54) is 11.3 Å². The zero-order valence-corrected chi connectivity index (χ0v) is 12.5. The number of thiophene rings is 1. The number of carboxylic acid groups (broad SMARTS) is 1. The van der Waals surface area contributed by atoms with Crippen molar-refractivity contribution >= 4 is 29.0 Å². The van der Waals surface area contributed by atoms with E-state index in [0.717, 1.165) is 0 Å². The van der Waals surface area contributed by atoms with E-state index in [9.17, 15) is 14.4 Å². The minimum Gasteiger partial charge on any atom is -0.481 e. The van der Waals surface area contributed by atoms with Crippen LogP contribution in [0.15, 0.2) is 17.5 Å². The van der Waals surface area contributed by atoms with Crippen molar-refractivity contribution < 1.29 is 19.5 Å². The number of carbonyl (C=O) groups is 3. The molecule has 0 aliphatic rings. The number of carboxylic acids is 1. The highest BCUT2D eigenvalue weighted by Gasteiger charge is 2.26. The highest BCUT2D eigenvalue weighted by atomic mass is 32.1. The molecule has 1 heterocycles. The maximum absolute atomic E-state index is 11.7. The van der Waals surface area contributed by atoms with Crippen molar-refractivity contribution in [2.24, 2.45) is 5.41 Å². The van der Waals surface area contributed by atoms with Gasteiger partial charge in [0.1, 0.15) is 0 Å². The predicted molar refractivity (Wildman–Crippen MR) is 76.9 cm³/mol. The Balaban J connectivity index is 2.24. The summed E-state index contributed by atoms with van der Waals surface area (Å²) >= 11 is 1.36. The van der Waals surface area contributed by atoms with Crippen LogP contribution in [0.1, 0.15) is 42.8 Å². The summed E-state index contributed by atoms with van der Waals surface area (Å²) in [5.41, 5.74) is -0.861. The number of hydrogen-bond acceptors (Lipinski definition) is 4. The molecule has 2 N–H and O–H groups in total. The minimum absolute atomic E-state index is 0.0407. The van der Waals surface area contributed by atoms with Gasteiger partial charge in [0.05, 0.1) is 10.3 Å². The second kappa shape index (κ2) is 7.19. The van der Waals surface area contributed by atoms with Crippen molar-refractivity contribution in [2.75, 3.05) is 6.54 Å². The third kappa shape index (κ3) is 5.13. The first-order valence-electron chi connectivity index (χ1n) is 6.40. The lowest BCUT2D eigenvalue weighted by Crippen LogP contribution is -2.32. The Morgan fingerprint density at radius 3 is 2.55 bits per heavy atom. The summed E-state index contributed by atoms with van der Waals surface area (Å²) in [6.07, 6.45) is 0.659. The van der Waals surface area contributed by atoms with Gasteiger partial charge in [-0.2, -0.15) is 0 Å². The Kier molecular flexibility index (Phi) is 5.88. The zero-order valence-electron chi connectivity index (χ0n) is 11.6. The zero-order chi connectivity index (χ0) is 15.2. The third-order valence-corrected chi connectivity index (χ3v) is 3.94. The highest BCUT2D eigenvalue weighted by molar-refractivity contribution is 7.12. The van der Waals surface area contributed by atoms with Gasteiger partial charge in [-0.1, -0.05) is 6.07 Å². The minimum atomic E-state index is -0.889. The number of amides is 1. The number of Topliss-reactive ketones (excluding diaryl/α,β-unsaturated/α-hetero) is 1. The van der Waals surface area contributed by atoms with Gasteiger partial charge in [0.25, 0.3) is 0 Å². The van der Waals surface area contributed by atoms with E-state index in [4.69, 9.17) is 5.11 Å². The van der Waals surface area contributed by atoms with Crippen molar-refractivity contribution in [1.82, 2.24) is 5.32 Å². The lowest BCUT2D eigenvalue weighted by Gasteiger charge is -2.18. The van der Waals surface area contributed by atoms with E-state index in [1.54, 1.807) is 26.0 Å². The smallest absolute Gasteiger partial charge is 0.309 e. The average Bonchev–Trinajstić information content (AvgIpc) is 2.89. The van der Waals surface area contributed by atoms with Crippen LogP contribution in [0, 0.1) is 5.41 Å². The fraction of sp³-hybridized carbons (Fsp3) is 0.500. The number of nitrogens with one attached hydrogen (secondary N) is 1. The SMILES string of the molecule is CC(C)(CCNC(=O)CCC(=O)c1cccs1)C(=O)O. The van der Waals surface area contributed by atoms with Crippen LogP contribution in [0.3, 0.4) is 0 Å². The first kappa shape index (κ1) is 16.4. The molecule has 20 heavy (non-hydrogen) atoms. The summed E-state index contributed by atoms with van der Waals surface area (Å²) in [6, 6.07) is 3.53. The number of carbonyl (C=O) groups excluding carboxylic acids is 2. The third-order valence-electron chi connectivity index (χ3n) is 3.03. The number of hydrogen-bond donors (Lipinski definition) is 2. The molecule has 0 saturated heterocycles. The maximum atomic E-state index is 11.7. The summed E-state index contributed by atoms with van der Waals surface area (Å²) in [5.74, 6) is -1.16. The van der Waals surface area contributed by atoms with Gasteiger partial charge in [-0.15, -0.1) is 11.3 Å². The first-order valence-corrected chi connectivity index (χ1v) is 7.28. The molecule has 0 aromatic carbocycles. The predicted octanol–water partition coefficient (Wildman–Crippen LogP) is 2.33. The van der Waals surface area contributed by atoms with Crippen LogP contribution < -0.4 is 5.32 Å². The van der Waals surface area contributed by atoms with Gasteiger partial charge in [-0.3, -0.25) is 14.4 Å². The van der Waals surface area contributed by atoms with Crippen LogP contribution >= 0.6 is 11.3 Å². The fourth-order valence-corrected chi connectivity index (χ4v) is 2.19. The molecule has 5 nitrogen and oxygen atoms in total. The molecule has 0 aliphatic carbocycles. The maximum Gasteiger partial charge on any atom is 0.309 e. The van der Waals surface area contributed by atoms with Gasteiger partial charge in [0.2, 0.25) is 5.91 Å². The van der Waals surface area contributed by atoms with Crippen molar-refractivity contribution in [2.45, 2.75) is 33.1 Å². The van der Waals surface area contributed by atoms with E-state index in [0.29, 0.717) is 17.8 Å². The van der Waals surface area contributed by atoms with Gasteiger partial charge in [-0.25, -0.2) is 0 Å². The highest BCUT2D eigenvalue weighted by Crippen LogP contribution is 2.19. The first-order chi connectivity index (χ1) is 9.33. The quantitative estimate of drug-likeness (QED) is 0.721. The lowest BCUT2D eigenvalue weighted by molar-refractivity contribution is -0.147. The van der Waals surface area contributed by atoms with E-state index < -0.39 is 11.4 Å². The topological polar surface area (TPSA) is 83.5 Å². The van der Waals surface area contributed by atoms with Crippen LogP contribution in [0.25, 0.3) is 0 Å². The molecule has 0 spiro atoms. The Labute approximate surface area is 122 Å². The van der Waals surface area contributed by atoms with Gasteiger partial charge < -0.3 is 10.4 Å². The Bertz CT molecular complexity index is 479. The van der Waals surface area contributed by atoms with Gasteiger partial charge in [0, 0.05) is 19.4 Å². The fourth-order valence-electron chi connectivity index (χ4n) is 1.50. The van der Waals surface area contributed by atoms with Crippen LogP contribution in [0.5, 0.6) is 0 Å². The molecular weight excluding hydrogens is 278 g/mol. The molecule has 0 aliphatic heterocycles. The monoisotopic (exact) mass is 297 g/mol. The van der Waals surface area contributed by atoms with Crippen LogP contribution in [-0.2, 0) is 9.59 Å². The summed E-state index contributed by atoms with van der Waals surface area (Å²) < 4.78 is 0. The molecule has 1 aromatic rings. The summed E-state index contributed by atoms with van der Waals surface area (Å²) in [6.45, 7) is 3.52. The molecule has 0 saturated carbocycles. The van der Waals surface area contributed by atoms with Crippen molar-refractivity contribution in [1.29, 1.82) is 0 Å². The molecule has 0 unspecified atom stereocenters. The molecule has 0 bridgehead atoms. The molecule has 0 atom stereocenters. The molecule has 1 aromatic heterocycles. The van der Waals surface area contributed by atoms with Gasteiger partial charge in [-0.05, 0) is 31.7 Å². The van der Waals surface area contributed by atoms with Crippen LogP contribution in [-0.4, -0.2) is 29.3 Å². The summed E-state index contributed by atoms with van der Waals surface area (Å²) in [7, 11) is 0. The summed E-state index contributed by atoms with van der Waals surface area (Å²) in [4.78, 5) is 34.8. The molecule has 110 valence electrons.